The number of aromatic nitrogens is 2. The highest BCUT2D eigenvalue weighted by atomic mass is 32.2. The van der Waals surface area contributed by atoms with Crippen molar-refractivity contribution < 1.29 is 14.3 Å². The van der Waals surface area contributed by atoms with E-state index in [-0.39, 0.29) is 30.2 Å². The average molecular weight is 500 g/mol. The zero-order valence-electron chi connectivity index (χ0n) is 19.8. The molecule has 7 nitrogen and oxygen atoms in total. The lowest BCUT2D eigenvalue weighted by molar-refractivity contribution is -0.140. The summed E-state index contributed by atoms with van der Waals surface area (Å²) >= 11 is 1.20. The largest absolute Gasteiger partial charge is 0.469 e. The predicted molar refractivity (Wildman–Crippen MR) is 141 cm³/mol. The summed E-state index contributed by atoms with van der Waals surface area (Å²) in [5.41, 5.74) is 4.30. The predicted octanol–water partition coefficient (Wildman–Crippen LogP) is 4.52. The first-order valence-corrected chi connectivity index (χ1v) is 12.7. The van der Waals surface area contributed by atoms with Gasteiger partial charge in [-0.15, -0.1) is 0 Å². The van der Waals surface area contributed by atoms with Crippen LogP contribution in [0.25, 0.3) is 10.9 Å². The third-order valence-corrected chi connectivity index (χ3v) is 7.26. The van der Waals surface area contributed by atoms with E-state index < -0.39 is 5.97 Å². The van der Waals surface area contributed by atoms with Crippen molar-refractivity contribution in [2.24, 2.45) is 0 Å². The van der Waals surface area contributed by atoms with E-state index in [1.54, 1.807) is 23.1 Å². The van der Waals surface area contributed by atoms with Crippen molar-refractivity contribution >= 4 is 45.9 Å². The van der Waals surface area contributed by atoms with Gasteiger partial charge in [0, 0.05) is 6.54 Å². The van der Waals surface area contributed by atoms with Crippen LogP contribution < -0.4 is 10.5 Å². The van der Waals surface area contributed by atoms with Crippen molar-refractivity contribution in [1.29, 1.82) is 0 Å². The number of esters is 1. The molecule has 0 spiro atoms. The van der Waals surface area contributed by atoms with Crippen LogP contribution in [0.15, 0.2) is 82.7 Å². The van der Waals surface area contributed by atoms with Gasteiger partial charge in [-0.1, -0.05) is 60.3 Å². The molecule has 182 valence electrons. The number of carbonyl (C=O) groups is 2. The number of hydrogen-bond donors (Lipinski definition) is 0. The average Bonchev–Trinajstić information content (AvgIpc) is 3.08. The number of thioether (sulfide) groups is 1. The summed E-state index contributed by atoms with van der Waals surface area (Å²) in [7, 11) is 1.31. The molecule has 0 unspecified atom stereocenters. The number of rotatable bonds is 6. The first kappa shape index (κ1) is 23.8. The highest BCUT2D eigenvalue weighted by molar-refractivity contribution is 7.99. The molecule has 0 atom stereocenters. The maximum absolute atomic E-state index is 13.7. The topological polar surface area (TPSA) is 81.5 Å². The summed E-state index contributed by atoms with van der Waals surface area (Å²) in [4.78, 5) is 45.2. The number of amides is 1. The Morgan fingerprint density at radius 1 is 0.917 bits per heavy atom. The molecule has 0 saturated carbocycles. The Bertz CT molecular complexity index is 1470. The smallest absolute Gasteiger partial charge is 0.307 e. The van der Waals surface area contributed by atoms with Gasteiger partial charge >= 0.3 is 5.97 Å². The van der Waals surface area contributed by atoms with Crippen LogP contribution in [0.1, 0.15) is 17.5 Å². The highest BCUT2D eigenvalue weighted by Crippen LogP contribution is 2.36. The Kier molecular flexibility index (Phi) is 6.86. The van der Waals surface area contributed by atoms with Crippen molar-refractivity contribution in [2.75, 3.05) is 17.8 Å². The van der Waals surface area contributed by atoms with Crippen LogP contribution in [0.2, 0.25) is 0 Å². The Morgan fingerprint density at radius 3 is 2.19 bits per heavy atom. The lowest BCUT2D eigenvalue weighted by Crippen LogP contribution is -2.29. The molecule has 8 heteroatoms. The molecule has 3 aromatic carbocycles. The molecule has 0 fully saturated rings. The minimum Gasteiger partial charge on any atom is -0.469 e. The third-order valence-electron chi connectivity index (χ3n) is 6.30. The van der Waals surface area contributed by atoms with Gasteiger partial charge in [0.15, 0.2) is 5.16 Å². The van der Waals surface area contributed by atoms with Crippen molar-refractivity contribution in [1.82, 2.24) is 9.55 Å². The Hall–Kier alpha value is -3.91. The van der Waals surface area contributed by atoms with Gasteiger partial charge in [0.05, 0.1) is 41.6 Å². The van der Waals surface area contributed by atoms with Crippen LogP contribution >= 0.6 is 11.8 Å². The zero-order chi connectivity index (χ0) is 25.1. The molecular formula is C28H25N3O4S. The van der Waals surface area contributed by atoms with E-state index >= 15 is 0 Å². The number of anilines is 2. The van der Waals surface area contributed by atoms with E-state index in [0.29, 0.717) is 16.1 Å². The van der Waals surface area contributed by atoms with E-state index in [9.17, 15) is 14.4 Å². The second-order valence-electron chi connectivity index (χ2n) is 8.47. The summed E-state index contributed by atoms with van der Waals surface area (Å²) in [5, 5.41) is 0.862. The van der Waals surface area contributed by atoms with Gasteiger partial charge in [0.25, 0.3) is 5.56 Å². The molecule has 0 radical (unpaired) electrons. The van der Waals surface area contributed by atoms with E-state index in [1.807, 2.05) is 42.5 Å². The molecule has 0 aliphatic carbocycles. The molecule has 2 heterocycles. The number of nitrogens with zero attached hydrogens (tertiary/aromatic N) is 3. The van der Waals surface area contributed by atoms with Crippen molar-refractivity contribution in [3.63, 3.8) is 0 Å². The molecule has 4 aromatic rings. The summed E-state index contributed by atoms with van der Waals surface area (Å²) < 4.78 is 6.21. The minimum absolute atomic E-state index is 0.0325. The van der Waals surface area contributed by atoms with Crippen molar-refractivity contribution in [3.05, 3.63) is 94.3 Å². The number of carbonyl (C=O) groups excluding carboxylic acids is 2. The lowest BCUT2D eigenvalue weighted by atomic mass is 10.0. The molecule has 1 amide bonds. The maximum atomic E-state index is 13.7. The number of benzene rings is 3. The van der Waals surface area contributed by atoms with Crippen LogP contribution in [0.3, 0.4) is 0 Å². The fraction of sp³-hybridized carbons (Fsp3) is 0.214. The van der Waals surface area contributed by atoms with Crippen LogP contribution in [-0.4, -0.2) is 34.3 Å². The van der Waals surface area contributed by atoms with Crippen LogP contribution in [0.4, 0.5) is 11.4 Å². The Balaban J connectivity index is 1.49. The summed E-state index contributed by atoms with van der Waals surface area (Å²) in [5.74, 6) is -0.449. The number of hydrogen-bond acceptors (Lipinski definition) is 6. The fourth-order valence-electron chi connectivity index (χ4n) is 4.50. The number of methoxy groups -OCH3 is 1. The number of ether oxygens (including phenoxy) is 1. The van der Waals surface area contributed by atoms with Gasteiger partial charge in [-0.05, 0) is 48.2 Å². The first-order valence-electron chi connectivity index (χ1n) is 11.7. The molecule has 0 saturated heterocycles. The van der Waals surface area contributed by atoms with Gasteiger partial charge in [0.2, 0.25) is 5.91 Å². The van der Waals surface area contributed by atoms with Gasteiger partial charge in [-0.3, -0.25) is 23.9 Å². The molecule has 1 aromatic heterocycles. The SMILES string of the molecule is COC(=O)CCn1c(SCC(=O)N2c3ccccc3CCc3ccccc32)nc2ccccc2c1=O. The molecular weight excluding hydrogens is 474 g/mol. The van der Waals surface area contributed by atoms with Crippen molar-refractivity contribution in [2.45, 2.75) is 31.0 Å². The zero-order valence-corrected chi connectivity index (χ0v) is 20.7. The van der Waals surface area contributed by atoms with E-state index in [4.69, 9.17) is 4.74 Å². The summed E-state index contributed by atoms with van der Waals surface area (Å²) in [6, 6.07) is 23.0. The third kappa shape index (κ3) is 4.64. The van der Waals surface area contributed by atoms with Gasteiger partial charge in [-0.25, -0.2) is 4.98 Å². The molecule has 1 aliphatic rings. The van der Waals surface area contributed by atoms with Crippen molar-refractivity contribution in [3.8, 4) is 0 Å². The second kappa shape index (κ2) is 10.4. The normalized spacial score (nSPS) is 12.5. The number of fused-ring (bicyclic) bond motifs is 3. The van der Waals surface area contributed by atoms with Crippen LogP contribution in [0.5, 0.6) is 0 Å². The summed E-state index contributed by atoms with van der Waals surface area (Å²) in [6.45, 7) is 0.120. The van der Waals surface area contributed by atoms with Gasteiger partial charge in [-0.2, -0.15) is 0 Å². The van der Waals surface area contributed by atoms with E-state index in [0.717, 1.165) is 35.3 Å². The quantitative estimate of drug-likeness (QED) is 0.221. The minimum atomic E-state index is -0.417. The first-order chi connectivity index (χ1) is 17.6. The van der Waals surface area contributed by atoms with Gasteiger partial charge in [0.1, 0.15) is 0 Å². The standard InChI is InChI=1S/C28H25N3O4S/c1-35-26(33)16-17-30-27(34)21-10-4-5-11-22(21)29-28(30)36-18-25(32)31-23-12-6-2-8-19(23)14-15-20-9-3-7-13-24(20)31/h2-13H,14-18H2,1H3. The monoisotopic (exact) mass is 499 g/mol. The maximum Gasteiger partial charge on any atom is 0.307 e. The molecule has 36 heavy (non-hydrogen) atoms. The van der Waals surface area contributed by atoms with Crippen LogP contribution in [0, 0.1) is 0 Å². The van der Waals surface area contributed by atoms with Crippen LogP contribution in [-0.2, 0) is 33.7 Å². The fourth-order valence-corrected chi connectivity index (χ4v) is 5.37. The molecule has 0 N–H and O–H groups in total. The number of para-hydroxylation sites is 3. The van der Waals surface area contributed by atoms with E-state index in [2.05, 4.69) is 17.1 Å². The van der Waals surface area contributed by atoms with E-state index in [1.165, 1.54) is 23.4 Å². The second-order valence-corrected chi connectivity index (χ2v) is 9.41. The highest BCUT2D eigenvalue weighted by Gasteiger charge is 2.26. The molecule has 5 rings (SSSR count). The molecule has 1 aliphatic heterocycles. The Labute approximate surface area is 212 Å². The number of aryl methyl sites for hydroxylation is 2. The molecule has 0 bridgehead atoms. The Morgan fingerprint density at radius 2 is 1.53 bits per heavy atom. The lowest BCUT2D eigenvalue weighted by Gasteiger charge is -2.25. The van der Waals surface area contributed by atoms with Gasteiger partial charge < -0.3 is 4.74 Å². The summed E-state index contributed by atoms with van der Waals surface area (Å²) in [6.07, 6.45) is 1.73.